The molecule has 0 unspecified atom stereocenters. The minimum absolute atomic E-state index is 0.188. The molecule has 1 aliphatic heterocycles. The number of nitrogens with one attached hydrogen (secondary N) is 1. The lowest BCUT2D eigenvalue weighted by molar-refractivity contribution is 0.584. The number of aryl methyl sites for hydroxylation is 4. The van der Waals surface area contributed by atoms with Crippen molar-refractivity contribution in [2.24, 2.45) is 0 Å². The molecule has 146 valence electrons. The molecule has 5 rings (SSSR count). The number of fused-ring (bicyclic) bond motifs is 3. The molecule has 2 aliphatic rings. The molecule has 1 N–H and O–H groups in total. The van der Waals surface area contributed by atoms with Gasteiger partial charge in [-0.1, -0.05) is 12.1 Å². The molecule has 1 aromatic carbocycles. The van der Waals surface area contributed by atoms with E-state index in [9.17, 15) is 4.39 Å². The highest BCUT2D eigenvalue weighted by Crippen LogP contribution is 2.39. The number of hydrogen-bond acceptors (Lipinski definition) is 5. The SMILES string of the molecule is Fc1ccc(CCc2nc(N3CCNCC3)c3c4c(sc3n2)CCCC4)cc1. The fraction of sp³-hybridized carbons (Fsp3) is 0.455. The number of halogens is 1. The van der Waals surface area contributed by atoms with Crippen molar-refractivity contribution in [3.63, 3.8) is 0 Å². The zero-order valence-corrected chi connectivity index (χ0v) is 16.8. The molecule has 0 saturated carbocycles. The molecule has 0 atom stereocenters. The molecule has 6 heteroatoms. The second-order valence-electron chi connectivity index (χ2n) is 7.72. The second-order valence-corrected chi connectivity index (χ2v) is 8.80. The van der Waals surface area contributed by atoms with Gasteiger partial charge < -0.3 is 10.2 Å². The Balaban J connectivity index is 1.51. The van der Waals surface area contributed by atoms with E-state index in [0.717, 1.165) is 67.5 Å². The van der Waals surface area contributed by atoms with Crippen LogP contribution in [0.5, 0.6) is 0 Å². The summed E-state index contributed by atoms with van der Waals surface area (Å²) in [5.41, 5.74) is 2.63. The number of rotatable bonds is 4. The van der Waals surface area contributed by atoms with Gasteiger partial charge in [-0.25, -0.2) is 14.4 Å². The first-order valence-electron chi connectivity index (χ1n) is 10.3. The number of benzene rings is 1. The molecular weight excluding hydrogens is 371 g/mol. The Morgan fingerprint density at radius 2 is 1.79 bits per heavy atom. The Labute approximate surface area is 168 Å². The molecule has 4 nitrogen and oxygen atoms in total. The smallest absolute Gasteiger partial charge is 0.141 e. The number of hydrogen-bond donors (Lipinski definition) is 1. The van der Waals surface area contributed by atoms with Crippen molar-refractivity contribution in [1.82, 2.24) is 15.3 Å². The van der Waals surface area contributed by atoms with E-state index in [1.165, 1.54) is 47.2 Å². The lowest BCUT2D eigenvalue weighted by Gasteiger charge is -2.29. The van der Waals surface area contributed by atoms with Gasteiger partial charge in [0.15, 0.2) is 0 Å². The molecule has 0 spiro atoms. The highest BCUT2D eigenvalue weighted by Gasteiger charge is 2.24. The first kappa shape index (κ1) is 18.0. The minimum atomic E-state index is -0.188. The summed E-state index contributed by atoms with van der Waals surface area (Å²) >= 11 is 1.87. The summed E-state index contributed by atoms with van der Waals surface area (Å²) in [7, 11) is 0. The van der Waals surface area contributed by atoms with E-state index in [0.29, 0.717) is 0 Å². The summed E-state index contributed by atoms with van der Waals surface area (Å²) in [6.45, 7) is 3.99. The summed E-state index contributed by atoms with van der Waals surface area (Å²) < 4.78 is 13.2. The largest absolute Gasteiger partial charge is 0.353 e. The van der Waals surface area contributed by atoms with Crippen LogP contribution in [0.4, 0.5) is 10.2 Å². The van der Waals surface area contributed by atoms with E-state index in [1.54, 1.807) is 0 Å². The van der Waals surface area contributed by atoms with Crippen molar-refractivity contribution in [2.75, 3.05) is 31.1 Å². The van der Waals surface area contributed by atoms with Crippen LogP contribution >= 0.6 is 11.3 Å². The molecule has 0 bridgehead atoms. The first-order chi connectivity index (χ1) is 13.8. The maximum absolute atomic E-state index is 13.2. The van der Waals surface area contributed by atoms with Gasteiger partial charge in [0.05, 0.1) is 5.39 Å². The van der Waals surface area contributed by atoms with Crippen LogP contribution in [-0.2, 0) is 25.7 Å². The van der Waals surface area contributed by atoms with Crippen molar-refractivity contribution in [3.8, 4) is 0 Å². The molecule has 3 heterocycles. The third kappa shape index (κ3) is 3.51. The van der Waals surface area contributed by atoms with Crippen molar-refractivity contribution in [1.29, 1.82) is 0 Å². The molecular formula is C22H25FN4S. The fourth-order valence-electron chi connectivity index (χ4n) is 4.31. The quantitative estimate of drug-likeness (QED) is 0.726. The van der Waals surface area contributed by atoms with Gasteiger partial charge in [0.25, 0.3) is 0 Å². The van der Waals surface area contributed by atoms with Crippen LogP contribution in [0.1, 0.15) is 34.7 Å². The molecule has 1 saturated heterocycles. The molecule has 28 heavy (non-hydrogen) atoms. The van der Waals surface area contributed by atoms with Crippen LogP contribution in [0.3, 0.4) is 0 Å². The number of piperazine rings is 1. The van der Waals surface area contributed by atoms with Crippen molar-refractivity contribution < 1.29 is 4.39 Å². The summed E-state index contributed by atoms with van der Waals surface area (Å²) in [5.74, 6) is 1.86. The normalized spacial score (nSPS) is 17.1. The van der Waals surface area contributed by atoms with Crippen LogP contribution < -0.4 is 10.2 Å². The average molecular weight is 397 g/mol. The van der Waals surface area contributed by atoms with E-state index < -0.39 is 0 Å². The van der Waals surface area contributed by atoms with Gasteiger partial charge in [-0.3, -0.25) is 0 Å². The van der Waals surface area contributed by atoms with Crippen LogP contribution in [0.25, 0.3) is 10.2 Å². The number of thiophene rings is 1. The van der Waals surface area contributed by atoms with Gasteiger partial charge in [-0.05, 0) is 55.4 Å². The van der Waals surface area contributed by atoms with Gasteiger partial charge >= 0.3 is 0 Å². The van der Waals surface area contributed by atoms with Crippen molar-refractivity contribution in [3.05, 3.63) is 51.9 Å². The third-order valence-corrected chi connectivity index (χ3v) is 6.99. The van der Waals surface area contributed by atoms with E-state index >= 15 is 0 Å². The zero-order chi connectivity index (χ0) is 18.9. The van der Waals surface area contributed by atoms with E-state index in [4.69, 9.17) is 9.97 Å². The first-order valence-corrected chi connectivity index (χ1v) is 11.1. The minimum Gasteiger partial charge on any atom is -0.353 e. The zero-order valence-electron chi connectivity index (χ0n) is 16.0. The van der Waals surface area contributed by atoms with Gasteiger partial charge in [0.2, 0.25) is 0 Å². The Kier molecular flexibility index (Phi) is 4.99. The van der Waals surface area contributed by atoms with E-state index in [-0.39, 0.29) is 5.82 Å². The van der Waals surface area contributed by atoms with Crippen LogP contribution in [0.2, 0.25) is 0 Å². The van der Waals surface area contributed by atoms with Crippen LogP contribution in [0.15, 0.2) is 24.3 Å². The Bertz CT molecular complexity index is 976. The summed E-state index contributed by atoms with van der Waals surface area (Å²) in [6.07, 6.45) is 6.51. The Hall–Kier alpha value is -2.05. The van der Waals surface area contributed by atoms with Crippen molar-refractivity contribution >= 4 is 27.4 Å². The van der Waals surface area contributed by atoms with Gasteiger partial charge in [-0.2, -0.15) is 0 Å². The van der Waals surface area contributed by atoms with Crippen LogP contribution in [-0.4, -0.2) is 36.1 Å². The lowest BCUT2D eigenvalue weighted by atomic mass is 9.97. The maximum atomic E-state index is 13.2. The van der Waals surface area contributed by atoms with E-state index in [2.05, 4.69) is 10.2 Å². The molecule has 0 amide bonds. The molecule has 3 aromatic rings. The number of aromatic nitrogens is 2. The van der Waals surface area contributed by atoms with Crippen molar-refractivity contribution in [2.45, 2.75) is 38.5 Å². The Morgan fingerprint density at radius 1 is 1.00 bits per heavy atom. The number of nitrogens with zero attached hydrogens (tertiary/aromatic N) is 3. The summed E-state index contributed by atoms with van der Waals surface area (Å²) in [4.78, 5) is 15.1. The highest BCUT2D eigenvalue weighted by atomic mass is 32.1. The topological polar surface area (TPSA) is 41.1 Å². The van der Waals surface area contributed by atoms with Crippen LogP contribution in [0, 0.1) is 5.82 Å². The lowest BCUT2D eigenvalue weighted by Crippen LogP contribution is -2.44. The maximum Gasteiger partial charge on any atom is 0.141 e. The fourth-order valence-corrected chi connectivity index (χ4v) is 5.58. The Morgan fingerprint density at radius 3 is 2.61 bits per heavy atom. The molecule has 2 aromatic heterocycles. The predicted molar refractivity (Wildman–Crippen MR) is 113 cm³/mol. The molecule has 1 fully saturated rings. The van der Waals surface area contributed by atoms with Gasteiger partial charge in [0.1, 0.15) is 22.3 Å². The highest BCUT2D eigenvalue weighted by molar-refractivity contribution is 7.19. The van der Waals surface area contributed by atoms with E-state index in [1.807, 2.05) is 23.5 Å². The molecule has 0 radical (unpaired) electrons. The summed E-state index contributed by atoms with van der Waals surface area (Å²) in [6, 6.07) is 6.77. The van der Waals surface area contributed by atoms with Gasteiger partial charge in [-0.15, -0.1) is 11.3 Å². The predicted octanol–water partition coefficient (Wildman–Crippen LogP) is 3.90. The standard InChI is InChI=1S/C22H25FN4S/c23-16-8-5-15(6-9-16)7-10-19-25-21(27-13-11-24-12-14-27)20-17-3-1-2-4-18(17)28-22(20)26-19/h5-6,8-9,24H,1-4,7,10-14H2. The van der Waals surface area contributed by atoms with Gasteiger partial charge in [0, 0.05) is 37.5 Å². The summed E-state index contributed by atoms with van der Waals surface area (Å²) in [5, 5.41) is 4.75. The number of anilines is 1. The molecule has 1 aliphatic carbocycles. The average Bonchev–Trinajstić information content (AvgIpc) is 3.12. The monoisotopic (exact) mass is 396 g/mol. The second kappa shape index (κ2) is 7.76. The third-order valence-electron chi connectivity index (χ3n) is 5.81.